The molecule has 2 heteroatoms. The van der Waals surface area contributed by atoms with E-state index in [1.807, 2.05) is 6.20 Å². The second-order valence-corrected chi connectivity index (χ2v) is 2.68. The van der Waals surface area contributed by atoms with Crippen LogP contribution in [-0.2, 0) is 4.79 Å². The molecular formula is C8H9NO. The molecule has 0 aromatic rings. The Labute approximate surface area is 59.8 Å². The van der Waals surface area contributed by atoms with E-state index < -0.39 is 0 Å². The van der Waals surface area contributed by atoms with Crippen LogP contribution in [0, 0.1) is 0 Å². The predicted molar refractivity (Wildman–Crippen MR) is 38.4 cm³/mol. The molecule has 1 atom stereocenters. The highest BCUT2D eigenvalue weighted by molar-refractivity contribution is 5.91. The molecule has 0 aromatic heterocycles. The van der Waals surface area contributed by atoms with Gasteiger partial charge in [0, 0.05) is 19.2 Å². The fourth-order valence-electron chi connectivity index (χ4n) is 1.40. The molecule has 0 radical (unpaired) electrons. The third-order valence-electron chi connectivity index (χ3n) is 1.96. The minimum absolute atomic E-state index is 0.243. The summed E-state index contributed by atoms with van der Waals surface area (Å²) in [4.78, 5) is 13.0. The van der Waals surface area contributed by atoms with Gasteiger partial charge < -0.3 is 4.90 Å². The van der Waals surface area contributed by atoms with Gasteiger partial charge in [-0.1, -0.05) is 12.2 Å². The Morgan fingerprint density at radius 3 is 3.40 bits per heavy atom. The Morgan fingerprint density at radius 2 is 2.50 bits per heavy atom. The molecule has 2 rings (SSSR count). The van der Waals surface area contributed by atoms with Crippen LogP contribution in [0.4, 0.5) is 0 Å². The summed E-state index contributed by atoms with van der Waals surface area (Å²) in [6, 6.07) is 0.359. The van der Waals surface area contributed by atoms with Crippen molar-refractivity contribution < 1.29 is 4.79 Å². The number of carbonyl (C=O) groups excluding carboxylic acids is 1. The number of carbonyl (C=O) groups is 1. The molecule has 0 aromatic carbocycles. The van der Waals surface area contributed by atoms with E-state index in [0.717, 1.165) is 6.54 Å². The molecule has 2 aliphatic heterocycles. The topological polar surface area (TPSA) is 20.3 Å². The zero-order chi connectivity index (χ0) is 6.97. The summed E-state index contributed by atoms with van der Waals surface area (Å²) in [5.74, 6) is 0.243. The minimum Gasteiger partial charge on any atom is -0.367 e. The van der Waals surface area contributed by atoms with Crippen LogP contribution in [0.15, 0.2) is 24.4 Å². The first-order chi connectivity index (χ1) is 4.86. The fraction of sp³-hybridized carbons (Fsp3) is 0.375. The SMILES string of the molecule is O=C1C=CN2CC=CC2C1. The zero-order valence-corrected chi connectivity index (χ0v) is 5.66. The minimum atomic E-state index is 0.243. The van der Waals surface area contributed by atoms with Crippen molar-refractivity contribution >= 4 is 5.78 Å². The lowest BCUT2D eigenvalue weighted by atomic mass is 10.1. The molecule has 2 nitrogen and oxygen atoms in total. The van der Waals surface area contributed by atoms with Crippen molar-refractivity contribution in [1.82, 2.24) is 4.90 Å². The zero-order valence-electron chi connectivity index (χ0n) is 5.66. The number of allylic oxidation sites excluding steroid dienone is 1. The second kappa shape index (κ2) is 1.97. The molecule has 0 bridgehead atoms. The van der Waals surface area contributed by atoms with E-state index in [1.54, 1.807) is 6.08 Å². The van der Waals surface area contributed by atoms with Crippen LogP contribution in [0.2, 0.25) is 0 Å². The average Bonchev–Trinajstić information content (AvgIpc) is 2.33. The normalized spacial score (nSPS) is 29.4. The Bertz CT molecular complexity index is 217. The molecule has 0 aliphatic carbocycles. The molecule has 0 fully saturated rings. The standard InChI is InChI=1S/C8H9NO/c10-8-3-5-9-4-1-2-7(9)6-8/h1-3,5,7H,4,6H2. The molecule has 1 unspecified atom stereocenters. The van der Waals surface area contributed by atoms with Gasteiger partial charge in [-0.15, -0.1) is 0 Å². The third-order valence-corrected chi connectivity index (χ3v) is 1.96. The van der Waals surface area contributed by atoms with Crippen LogP contribution in [0.1, 0.15) is 6.42 Å². The largest absolute Gasteiger partial charge is 0.367 e. The summed E-state index contributed by atoms with van der Waals surface area (Å²) in [7, 11) is 0. The molecule has 10 heavy (non-hydrogen) atoms. The van der Waals surface area contributed by atoms with Gasteiger partial charge in [-0.05, 0) is 6.08 Å². The lowest BCUT2D eigenvalue weighted by Gasteiger charge is -2.24. The van der Waals surface area contributed by atoms with Gasteiger partial charge in [0.1, 0.15) is 0 Å². The highest BCUT2D eigenvalue weighted by Gasteiger charge is 2.21. The van der Waals surface area contributed by atoms with Crippen LogP contribution in [0.3, 0.4) is 0 Å². The van der Waals surface area contributed by atoms with Crippen molar-refractivity contribution in [3.05, 3.63) is 24.4 Å². The highest BCUT2D eigenvalue weighted by Crippen LogP contribution is 2.17. The van der Waals surface area contributed by atoms with Crippen molar-refractivity contribution in [3.63, 3.8) is 0 Å². The molecule has 0 saturated heterocycles. The Morgan fingerprint density at radius 1 is 1.60 bits per heavy atom. The maximum atomic E-state index is 10.9. The Kier molecular flexibility index (Phi) is 1.13. The maximum absolute atomic E-state index is 10.9. The summed E-state index contributed by atoms with van der Waals surface area (Å²) < 4.78 is 0. The first-order valence-corrected chi connectivity index (χ1v) is 3.50. The van der Waals surface area contributed by atoms with Gasteiger partial charge in [-0.3, -0.25) is 4.79 Å². The van der Waals surface area contributed by atoms with E-state index in [4.69, 9.17) is 0 Å². The monoisotopic (exact) mass is 135 g/mol. The molecule has 2 heterocycles. The van der Waals surface area contributed by atoms with E-state index in [1.165, 1.54) is 0 Å². The van der Waals surface area contributed by atoms with Crippen molar-refractivity contribution in [2.24, 2.45) is 0 Å². The number of ketones is 1. The third kappa shape index (κ3) is 0.764. The van der Waals surface area contributed by atoms with Crippen molar-refractivity contribution in [1.29, 1.82) is 0 Å². The van der Waals surface area contributed by atoms with E-state index >= 15 is 0 Å². The molecule has 0 N–H and O–H groups in total. The quantitative estimate of drug-likeness (QED) is 0.456. The summed E-state index contributed by atoms with van der Waals surface area (Å²) in [6.45, 7) is 0.967. The Hall–Kier alpha value is -1.05. The summed E-state index contributed by atoms with van der Waals surface area (Å²) in [6.07, 6.45) is 8.40. The van der Waals surface area contributed by atoms with Crippen LogP contribution < -0.4 is 0 Å². The average molecular weight is 135 g/mol. The van der Waals surface area contributed by atoms with Gasteiger partial charge in [0.15, 0.2) is 5.78 Å². The number of nitrogens with zero attached hydrogens (tertiary/aromatic N) is 1. The van der Waals surface area contributed by atoms with Gasteiger partial charge >= 0.3 is 0 Å². The fourth-order valence-corrected chi connectivity index (χ4v) is 1.40. The first-order valence-electron chi connectivity index (χ1n) is 3.50. The van der Waals surface area contributed by atoms with Crippen molar-refractivity contribution in [2.75, 3.05) is 6.54 Å². The molecule has 0 amide bonds. The molecular weight excluding hydrogens is 126 g/mol. The lowest BCUT2D eigenvalue weighted by Crippen LogP contribution is -2.30. The molecule has 52 valence electrons. The van der Waals surface area contributed by atoms with Crippen LogP contribution in [0.25, 0.3) is 0 Å². The second-order valence-electron chi connectivity index (χ2n) is 2.68. The van der Waals surface area contributed by atoms with Crippen LogP contribution in [-0.4, -0.2) is 23.3 Å². The lowest BCUT2D eigenvalue weighted by molar-refractivity contribution is -0.115. The van der Waals surface area contributed by atoms with E-state index in [-0.39, 0.29) is 5.78 Å². The molecule has 2 aliphatic rings. The van der Waals surface area contributed by atoms with Crippen LogP contribution >= 0.6 is 0 Å². The van der Waals surface area contributed by atoms with Gasteiger partial charge in [-0.2, -0.15) is 0 Å². The van der Waals surface area contributed by atoms with Gasteiger partial charge in [0.05, 0.1) is 6.04 Å². The summed E-state index contributed by atoms with van der Waals surface area (Å²) in [5, 5.41) is 0. The number of hydrogen-bond acceptors (Lipinski definition) is 2. The predicted octanol–water partition coefficient (Wildman–Crippen LogP) is 0.713. The molecule has 0 saturated carbocycles. The molecule has 0 spiro atoms. The van der Waals surface area contributed by atoms with Crippen molar-refractivity contribution in [3.8, 4) is 0 Å². The smallest absolute Gasteiger partial charge is 0.159 e. The van der Waals surface area contributed by atoms with Crippen LogP contribution in [0.5, 0.6) is 0 Å². The summed E-state index contributed by atoms with van der Waals surface area (Å²) >= 11 is 0. The Balaban J connectivity index is 2.22. The van der Waals surface area contributed by atoms with E-state index in [0.29, 0.717) is 12.5 Å². The van der Waals surface area contributed by atoms with Crippen molar-refractivity contribution in [2.45, 2.75) is 12.5 Å². The number of hydrogen-bond donors (Lipinski definition) is 0. The maximum Gasteiger partial charge on any atom is 0.159 e. The van der Waals surface area contributed by atoms with Gasteiger partial charge in [0.2, 0.25) is 0 Å². The summed E-state index contributed by atoms with van der Waals surface area (Å²) in [5.41, 5.74) is 0. The highest BCUT2D eigenvalue weighted by atomic mass is 16.1. The van der Waals surface area contributed by atoms with Gasteiger partial charge in [-0.25, -0.2) is 0 Å². The first kappa shape index (κ1) is 5.71. The number of fused-ring (bicyclic) bond motifs is 1. The number of rotatable bonds is 0. The van der Waals surface area contributed by atoms with E-state index in [9.17, 15) is 4.79 Å². The van der Waals surface area contributed by atoms with E-state index in [2.05, 4.69) is 17.1 Å². The van der Waals surface area contributed by atoms with Gasteiger partial charge in [0.25, 0.3) is 0 Å².